The fourth-order valence-electron chi connectivity index (χ4n) is 3.49. The highest BCUT2D eigenvalue weighted by molar-refractivity contribution is 7.87. The first-order chi connectivity index (χ1) is 15.7. The number of amides is 1. The maximum atomic E-state index is 13.1. The van der Waals surface area contributed by atoms with Crippen molar-refractivity contribution in [2.75, 3.05) is 13.1 Å². The molecular formula is C22H26F3N3O5S. The van der Waals surface area contributed by atoms with Crippen molar-refractivity contribution < 1.29 is 35.3 Å². The molecule has 1 amide bonds. The van der Waals surface area contributed by atoms with Gasteiger partial charge in [-0.15, -0.1) is 0 Å². The molecule has 1 aromatic heterocycles. The molecule has 0 spiro atoms. The van der Waals surface area contributed by atoms with Gasteiger partial charge in [-0.2, -0.15) is 26.6 Å². The normalized spacial score (nSPS) is 17.0. The van der Waals surface area contributed by atoms with Crippen molar-refractivity contribution in [2.45, 2.75) is 57.6 Å². The number of halogens is 3. The van der Waals surface area contributed by atoms with Gasteiger partial charge in [0.25, 0.3) is 0 Å². The molecule has 1 aliphatic heterocycles. The van der Waals surface area contributed by atoms with E-state index in [1.54, 1.807) is 58.0 Å². The quantitative estimate of drug-likeness (QED) is 0.458. The number of benzene rings is 1. The maximum absolute atomic E-state index is 13.1. The molecule has 0 bridgehead atoms. The van der Waals surface area contributed by atoms with Gasteiger partial charge in [-0.3, -0.25) is 0 Å². The van der Waals surface area contributed by atoms with Gasteiger partial charge in [0.15, 0.2) is 0 Å². The zero-order chi connectivity index (χ0) is 25.3. The lowest BCUT2D eigenvalue weighted by molar-refractivity contribution is -0.0501. The van der Waals surface area contributed by atoms with E-state index in [0.717, 1.165) is 5.56 Å². The Hall–Kier alpha value is -2.89. The number of hydrogen-bond acceptors (Lipinski definition) is 7. The summed E-state index contributed by atoms with van der Waals surface area (Å²) in [6.07, 6.45) is -0.443. The van der Waals surface area contributed by atoms with Crippen molar-refractivity contribution in [2.24, 2.45) is 0 Å². The average Bonchev–Trinajstić information content (AvgIpc) is 2.86. The Morgan fingerprint density at radius 1 is 1.15 bits per heavy atom. The van der Waals surface area contributed by atoms with Crippen molar-refractivity contribution >= 4 is 16.2 Å². The lowest BCUT2D eigenvalue weighted by atomic mass is 10.0. The summed E-state index contributed by atoms with van der Waals surface area (Å²) >= 11 is 0. The third-order valence-corrected chi connectivity index (χ3v) is 5.91. The second-order valence-electron chi connectivity index (χ2n) is 9.03. The van der Waals surface area contributed by atoms with Crippen LogP contribution in [-0.2, 0) is 27.7 Å². The van der Waals surface area contributed by atoms with Crippen LogP contribution in [0.3, 0.4) is 0 Å². The molecule has 0 aliphatic carbocycles. The fraction of sp³-hybridized carbons (Fsp3) is 0.500. The van der Waals surface area contributed by atoms with E-state index in [2.05, 4.69) is 14.2 Å². The van der Waals surface area contributed by atoms with Crippen LogP contribution in [0, 0.1) is 0 Å². The van der Waals surface area contributed by atoms with Crippen LogP contribution >= 0.6 is 0 Å². The number of rotatable bonds is 4. The lowest BCUT2D eigenvalue weighted by Crippen LogP contribution is -2.38. The third kappa shape index (κ3) is 6.16. The standard InChI is InChI=1S/C22H26F3N3O5S/c1-14-13-28(20(29)32-21(2,3)4)11-10-16-18(14)26-17(12-15-8-6-5-7-9-15)27-19(16)33-34(30,31)22(23,24)25/h5-9,14H,10-13H2,1-4H3. The molecule has 1 aliphatic rings. The van der Waals surface area contributed by atoms with Gasteiger partial charge in [0.1, 0.15) is 11.4 Å². The van der Waals surface area contributed by atoms with Crippen molar-refractivity contribution in [1.29, 1.82) is 0 Å². The Kier molecular flexibility index (Phi) is 7.11. The number of nitrogens with zero attached hydrogens (tertiary/aromatic N) is 3. The summed E-state index contributed by atoms with van der Waals surface area (Å²) in [5.41, 5.74) is -5.13. The molecule has 2 aromatic rings. The lowest BCUT2D eigenvalue weighted by Gasteiger charge is -2.27. The van der Waals surface area contributed by atoms with Crippen LogP contribution in [0.15, 0.2) is 30.3 Å². The Balaban J connectivity index is 2.02. The van der Waals surface area contributed by atoms with E-state index in [4.69, 9.17) is 4.74 Å². The smallest absolute Gasteiger partial charge is 0.444 e. The molecule has 1 atom stereocenters. The highest BCUT2D eigenvalue weighted by atomic mass is 32.2. The van der Waals surface area contributed by atoms with E-state index in [0.29, 0.717) is 5.69 Å². The summed E-state index contributed by atoms with van der Waals surface area (Å²) in [5, 5.41) is 0. The number of hydrogen-bond donors (Lipinski definition) is 0. The van der Waals surface area contributed by atoms with E-state index < -0.39 is 39.1 Å². The molecule has 2 heterocycles. The van der Waals surface area contributed by atoms with Crippen LogP contribution < -0.4 is 4.18 Å². The fourth-order valence-corrected chi connectivity index (χ4v) is 3.93. The Morgan fingerprint density at radius 2 is 1.79 bits per heavy atom. The summed E-state index contributed by atoms with van der Waals surface area (Å²) in [5.74, 6) is -1.01. The highest BCUT2D eigenvalue weighted by Crippen LogP contribution is 2.34. The van der Waals surface area contributed by atoms with Gasteiger partial charge in [0, 0.05) is 31.0 Å². The minimum Gasteiger partial charge on any atom is -0.444 e. The largest absolute Gasteiger partial charge is 0.534 e. The van der Waals surface area contributed by atoms with E-state index in [1.807, 2.05) is 0 Å². The molecule has 186 valence electrons. The number of ether oxygens (including phenoxy) is 1. The van der Waals surface area contributed by atoms with Crippen molar-refractivity contribution in [3.63, 3.8) is 0 Å². The van der Waals surface area contributed by atoms with E-state index in [1.165, 1.54) is 4.90 Å². The molecular weight excluding hydrogens is 475 g/mol. The summed E-state index contributed by atoms with van der Waals surface area (Å²) < 4.78 is 72.6. The van der Waals surface area contributed by atoms with Crippen molar-refractivity contribution in [1.82, 2.24) is 14.9 Å². The minimum atomic E-state index is -5.95. The summed E-state index contributed by atoms with van der Waals surface area (Å²) in [7, 11) is -5.95. The zero-order valence-electron chi connectivity index (χ0n) is 19.2. The Bertz CT molecular complexity index is 1150. The molecule has 3 rings (SSSR count). The second-order valence-corrected chi connectivity index (χ2v) is 10.6. The van der Waals surface area contributed by atoms with Crippen LogP contribution in [0.4, 0.5) is 18.0 Å². The van der Waals surface area contributed by atoms with E-state index in [9.17, 15) is 26.4 Å². The minimum absolute atomic E-state index is 0.00670. The van der Waals surface area contributed by atoms with Gasteiger partial charge in [-0.25, -0.2) is 9.78 Å². The van der Waals surface area contributed by atoms with Gasteiger partial charge in [0.05, 0.1) is 5.69 Å². The van der Waals surface area contributed by atoms with Gasteiger partial charge in [-0.1, -0.05) is 37.3 Å². The molecule has 1 unspecified atom stereocenters. The predicted molar refractivity (Wildman–Crippen MR) is 117 cm³/mol. The molecule has 0 saturated heterocycles. The average molecular weight is 502 g/mol. The number of carbonyl (C=O) groups excluding carboxylic acids is 1. The first-order valence-electron chi connectivity index (χ1n) is 10.6. The van der Waals surface area contributed by atoms with Gasteiger partial charge in [0.2, 0.25) is 5.88 Å². The predicted octanol–water partition coefficient (Wildman–Crippen LogP) is 4.19. The number of carbonyl (C=O) groups is 1. The molecule has 1 aromatic carbocycles. The molecule has 0 saturated carbocycles. The van der Waals surface area contributed by atoms with Crippen molar-refractivity contribution in [3.05, 3.63) is 53.0 Å². The first-order valence-corrected chi connectivity index (χ1v) is 12.0. The Labute approximate surface area is 196 Å². The molecule has 12 heteroatoms. The molecule has 34 heavy (non-hydrogen) atoms. The van der Waals surface area contributed by atoms with Gasteiger partial charge < -0.3 is 13.8 Å². The van der Waals surface area contributed by atoms with Gasteiger partial charge >= 0.3 is 21.7 Å². The summed E-state index contributed by atoms with van der Waals surface area (Å²) in [6.45, 7) is 7.14. The molecule has 0 fully saturated rings. The molecule has 0 N–H and O–H groups in total. The molecule has 0 radical (unpaired) electrons. The van der Waals surface area contributed by atoms with Gasteiger partial charge in [-0.05, 0) is 32.8 Å². The molecule has 8 nitrogen and oxygen atoms in total. The van der Waals surface area contributed by atoms with Crippen LogP contribution in [0.5, 0.6) is 5.88 Å². The SMILES string of the molecule is CC1CN(C(=O)OC(C)(C)C)CCc2c(OS(=O)(=O)C(F)(F)F)nc(Cc3ccccc3)nc21. The maximum Gasteiger partial charge on any atom is 0.534 e. The van der Waals surface area contributed by atoms with E-state index >= 15 is 0 Å². The van der Waals surface area contributed by atoms with Crippen LogP contribution in [0.25, 0.3) is 0 Å². The van der Waals surface area contributed by atoms with Crippen LogP contribution in [0.2, 0.25) is 0 Å². The summed E-state index contributed by atoms with van der Waals surface area (Å²) in [6, 6.07) is 8.95. The summed E-state index contributed by atoms with van der Waals surface area (Å²) in [4.78, 5) is 22.6. The number of alkyl halides is 3. The number of aromatic nitrogens is 2. The zero-order valence-corrected chi connectivity index (χ0v) is 20.0. The topological polar surface area (TPSA) is 98.7 Å². The number of fused-ring (bicyclic) bond motifs is 1. The van der Waals surface area contributed by atoms with E-state index in [-0.39, 0.29) is 37.3 Å². The monoisotopic (exact) mass is 501 g/mol. The Morgan fingerprint density at radius 3 is 2.38 bits per heavy atom. The van der Waals surface area contributed by atoms with Crippen LogP contribution in [-0.4, -0.2) is 53.6 Å². The third-order valence-electron chi connectivity index (χ3n) is 4.97. The first kappa shape index (κ1) is 25.7. The van der Waals surface area contributed by atoms with Crippen molar-refractivity contribution in [3.8, 4) is 5.88 Å². The highest BCUT2D eigenvalue weighted by Gasteiger charge is 2.49. The second kappa shape index (κ2) is 9.40. The van der Waals surface area contributed by atoms with Crippen LogP contribution in [0.1, 0.15) is 56.3 Å².